The number of amides is 2. The van der Waals surface area contributed by atoms with Gasteiger partial charge in [0, 0.05) is 37.8 Å². The highest BCUT2D eigenvalue weighted by Crippen LogP contribution is 2.31. The highest BCUT2D eigenvalue weighted by Gasteiger charge is 2.35. The van der Waals surface area contributed by atoms with E-state index in [2.05, 4.69) is 10.4 Å². The second-order valence-corrected chi connectivity index (χ2v) is 8.00. The van der Waals surface area contributed by atoms with Crippen LogP contribution in [0.3, 0.4) is 0 Å². The summed E-state index contributed by atoms with van der Waals surface area (Å²) in [6.45, 7) is 0.367. The van der Waals surface area contributed by atoms with Crippen LogP contribution in [0.5, 0.6) is 0 Å². The minimum atomic E-state index is -4.51. The molecule has 1 atom stereocenters. The molecule has 0 spiro atoms. The van der Waals surface area contributed by atoms with Crippen LogP contribution in [-0.2, 0) is 29.4 Å². The van der Waals surface area contributed by atoms with Crippen LogP contribution in [0, 0.1) is 5.92 Å². The molecule has 0 radical (unpaired) electrons. The molecule has 11 heteroatoms. The van der Waals surface area contributed by atoms with E-state index in [1.54, 1.807) is 17.0 Å². The van der Waals surface area contributed by atoms with Crippen molar-refractivity contribution in [3.8, 4) is 11.4 Å². The molecular weight excluding hydrogens is 451 g/mol. The highest BCUT2D eigenvalue weighted by atomic mass is 19.4. The molecule has 1 aromatic heterocycles. The third kappa shape index (κ3) is 4.73. The Bertz CT molecular complexity index is 1270. The van der Waals surface area contributed by atoms with Crippen molar-refractivity contribution in [1.82, 2.24) is 19.7 Å². The van der Waals surface area contributed by atoms with Gasteiger partial charge in [0.2, 0.25) is 11.8 Å². The fourth-order valence-electron chi connectivity index (χ4n) is 3.89. The maximum Gasteiger partial charge on any atom is 0.416 e. The van der Waals surface area contributed by atoms with Crippen LogP contribution in [-0.4, -0.2) is 39.3 Å². The van der Waals surface area contributed by atoms with Crippen molar-refractivity contribution in [2.24, 2.45) is 13.0 Å². The second kappa shape index (κ2) is 9.16. The Morgan fingerprint density at radius 1 is 1.12 bits per heavy atom. The fraction of sp³-hybridized carbons (Fsp3) is 0.304. The average molecular weight is 473 g/mol. The largest absolute Gasteiger partial charge is 0.416 e. The van der Waals surface area contributed by atoms with Crippen molar-refractivity contribution in [3.63, 3.8) is 0 Å². The van der Waals surface area contributed by atoms with Gasteiger partial charge >= 0.3 is 11.9 Å². The quantitative estimate of drug-likeness (QED) is 0.596. The van der Waals surface area contributed by atoms with Crippen LogP contribution >= 0.6 is 0 Å². The SMILES string of the molecule is Cn1c(-c2cccc(C(F)(F)F)c2)nn(CCNC(=O)C2CC(=O)N(c3ccccc3)C2)c1=O. The topological polar surface area (TPSA) is 89.2 Å². The number of hydrogen-bond acceptors (Lipinski definition) is 4. The number of carbonyl (C=O) groups is 2. The first-order valence-corrected chi connectivity index (χ1v) is 10.6. The van der Waals surface area contributed by atoms with Gasteiger partial charge in [-0.3, -0.25) is 14.2 Å². The number of halogens is 3. The summed E-state index contributed by atoms with van der Waals surface area (Å²) in [5.74, 6) is -0.886. The Hall–Kier alpha value is -3.89. The van der Waals surface area contributed by atoms with Crippen LogP contribution in [0.25, 0.3) is 11.4 Å². The first-order chi connectivity index (χ1) is 16.1. The zero-order chi connectivity index (χ0) is 24.5. The maximum absolute atomic E-state index is 13.0. The molecule has 1 unspecified atom stereocenters. The standard InChI is InChI=1S/C23H22F3N5O3/c1-29-20(15-6-5-7-17(12-15)23(24,25)26)28-31(22(29)34)11-10-27-21(33)16-13-19(32)30(14-16)18-8-3-2-4-9-18/h2-9,12,16H,10-11,13-14H2,1H3,(H,27,33). The van der Waals surface area contributed by atoms with Crippen molar-refractivity contribution < 1.29 is 22.8 Å². The summed E-state index contributed by atoms with van der Waals surface area (Å²) in [4.78, 5) is 38.9. The molecule has 1 fully saturated rings. The van der Waals surface area contributed by atoms with E-state index in [9.17, 15) is 27.6 Å². The summed E-state index contributed by atoms with van der Waals surface area (Å²) in [6, 6.07) is 13.6. The van der Waals surface area contributed by atoms with Gasteiger partial charge in [-0.05, 0) is 24.3 Å². The molecule has 34 heavy (non-hydrogen) atoms. The lowest BCUT2D eigenvalue weighted by molar-refractivity contribution is -0.137. The lowest BCUT2D eigenvalue weighted by atomic mass is 10.1. The van der Waals surface area contributed by atoms with E-state index < -0.39 is 23.3 Å². The molecule has 4 rings (SSSR count). The summed E-state index contributed by atoms with van der Waals surface area (Å²) in [7, 11) is 1.42. The van der Waals surface area contributed by atoms with Gasteiger partial charge in [-0.2, -0.15) is 13.2 Å². The number of hydrogen-bond donors (Lipinski definition) is 1. The zero-order valence-electron chi connectivity index (χ0n) is 18.2. The summed E-state index contributed by atoms with van der Waals surface area (Å²) in [5, 5.41) is 6.86. The van der Waals surface area contributed by atoms with Crippen LogP contribution in [0.1, 0.15) is 12.0 Å². The Labute approximate surface area is 192 Å². The van der Waals surface area contributed by atoms with Gasteiger partial charge in [0.15, 0.2) is 5.82 Å². The van der Waals surface area contributed by atoms with Crippen LogP contribution in [0.2, 0.25) is 0 Å². The molecule has 8 nitrogen and oxygen atoms in total. The van der Waals surface area contributed by atoms with Gasteiger partial charge in [-0.25, -0.2) is 9.48 Å². The molecule has 2 heterocycles. The van der Waals surface area contributed by atoms with Crippen LogP contribution < -0.4 is 15.9 Å². The molecule has 2 aromatic carbocycles. The molecule has 0 saturated carbocycles. The number of benzene rings is 2. The number of para-hydroxylation sites is 1. The van der Waals surface area contributed by atoms with E-state index in [-0.39, 0.29) is 49.3 Å². The van der Waals surface area contributed by atoms with Crippen LogP contribution in [0.15, 0.2) is 59.4 Å². The Morgan fingerprint density at radius 2 is 1.85 bits per heavy atom. The summed E-state index contributed by atoms with van der Waals surface area (Å²) >= 11 is 0. The summed E-state index contributed by atoms with van der Waals surface area (Å²) < 4.78 is 41.3. The predicted molar refractivity (Wildman–Crippen MR) is 118 cm³/mol. The number of carbonyl (C=O) groups excluding carboxylic acids is 2. The minimum absolute atomic E-state index is 0.0282. The smallest absolute Gasteiger partial charge is 0.354 e. The first kappa shape index (κ1) is 23.3. The lowest BCUT2D eigenvalue weighted by Gasteiger charge is -2.16. The van der Waals surface area contributed by atoms with Gasteiger partial charge in [0.05, 0.1) is 18.0 Å². The minimum Gasteiger partial charge on any atom is -0.354 e. The second-order valence-electron chi connectivity index (χ2n) is 8.00. The molecule has 2 amide bonds. The predicted octanol–water partition coefficient (Wildman–Crippen LogP) is 2.44. The summed E-state index contributed by atoms with van der Waals surface area (Å²) in [6.07, 6.45) is -4.43. The number of rotatable bonds is 6. The van der Waals surface area contributed by atoms with Crippen molar-refractivity contribution in [1.29, 1.82) is 0 Å². The van der Waals surface area contributed by atoms with Gasteiger partial charge in [0.25, 0.3) is 0 Å². The number of anilines is 1. The summed E-state index contributed by atoms with van der Waals surface area (Å²) in [5.41, 5.74) is -0.476. The van der Waals surface area contributed by atoms with E-state index in [0.29, 0.717) is 0 Å². The van der Waals surface area contributed by atoms with Crippen LogP contribution in [0.4, 0.5) is 18.9 Å². The molecule has 178 valence electrons. The fourth-order valence-corrected chi connectivity index (χ4v) is 3.89. The Balaban J connectivity index is 1.39. The van der Waals surface area contributed by atoms with Crippen molar-refractivity contribution in [2.75, 3.05) is 18.0 Å². The average Bonchev–Trinajstić information content (AvgIpc) is 3.34. The van der Waals surface area contributed by atoms with Gasteiger partial charge in [-0.15, -0.1) is 5.10 Å². The Morgan fingerprint density at radius 3 is 2.56 bits per heavy atom. The van der Waals surface area contributed by atoms with Crippen molar-refractivity contribution in [2.45, 2.75) is 19.1 Å². The zero-order valence-corrected chi connectivity index (χ0v) is 18.2. The van der Waals surface area contributed by atoms with Gasteiger partial charge in [0.1, 0.15) is 0 Å². The maximum atomic E-state index is 13.0. The number of aromatic nitrogens is 3. The van der Waals surface area contributed by atoms with E-state index >= 15 is 0 Å². The van der Waals surface area contributed by atoms with E-state index in [1.807, 2.05) is 18.2 Å². The number of alkyl halides is 3. The number of nitrogens with one attached hydrogen (secondary N) is 1. The molecule has 3 aromatic rings. The van der Waals surface area contributed by atoms with Crippen molar-refractivity contribution in [3.05, 3.63) is 70.6 Å². The Kier molecular flexibility index (Phi) is 6.27. The van der Waals surface area contributed by atoms with Gasteiger partial charge in [-0.1, -0.05) is 30.3 Å². The first-order valence-electron chi connectivity index (χ1n) is 10.6. The van der Waals surface area contributed by atoms with Gasteiger partial charge < -0.3 is 10.2 Å². The normalized spacial score (nSPS) is 16.2. The third-order valence-electron chi connectivity index (χ3n) is 5.68. The molecular formula is C23H22F3N5O3. The molecule has 0 aliphatic carbocycles. The van der Waals surface area contributed by atoms with E-state index in [0.717, 1.165) is 27.1 Å². The lowest BCUT2D eigenvalue weighted by Crippen LogP contribution is -2.36. The number of nitrogens with zero attached hydrogens (tertiary/aromatic N) is 4. The van der Waals surface area contributed by atoms with E-state index in [1.165, 1.54) is 19.2 Å². The molecule has 1 N–H and O–H groups in total. The monoisotopic (exact) mass is 473 g/mol. The third-order valence-corrected chi connectivity index (χ3v) is 5.68. The van der Waals surface area contributed by atoms with E-state index in [4.69, 9.17) is 0 Å². The van der Waals surface area contributed by atoms with Crippen molar-refractivity contribution >= 4 is 17.5 Å². The molecule has 0 bridgehead atoms. The highest BCUT2D eigenvalue weighted by molar-refractivity contribution is 6.00. The molecule has 1 saturated heterocycles. The molecule has 1 aliphatic rings. The molecule has 1 aliphatic heterocycles.